The Balaban J connectivity index is 1.52. The number of rotatable bonds is 4. The zero-order valence-electron chi connectivity index (χ0n) is 14.1. The van der Waals surface area contributed by atoms with Gasteiger partial charge >= 0.3 is 0 Å². The molecule has 0 amide bonds. The molecule has 0 unspecified atom stereocenters. The average Bonchev–Trinajstić information content (AvgIpc) is 2.98. The highest BCUT2D eigenvalue weighted by atomic mass is 35.5. The normalized spacial score (nSPS) is 14.1. The zero-order chi connectivity index (χ0) is 18.8. The van der Waals surface area contributed by atoms with E-state index in [9.17, 15) is 4.79 Å². The number of ether oxygens (including phenoxy) is 2. The Morgan fingerprint density at radius 3 is 2.52 bits per heavy atom. The van der Waals surface area contributed by atoms with Gasteiger partial charge in [0, 0.05) is 16.1 Å². The summed E-state index contributed by atoms with van der Waals surface area (Å²) in [7, 11) is 0. The number of Topliss-reactive ketones (excluding diaryl/α,β-unsaturated/α-hetero) is 1. The summed E-state index contributed by atoms with van der Waals surface area (Å²) in [4.78, 5) is 12.5. The van der Waals surface area contributed by atoms with Crippen molar-refractivity contribution < 1.29 is 14.3 Å². The van der Waals surface area contributed by atoms with Gasteiger partial charge in [-0.05, 0) is 47.5 Å². The van der Waals surface area contributed by atoms with Crippen LogP contribution in [0.3, 0.4) is 0 Å². The van der Waals surface area contributed by atoms with E-state index >= 15 is 0 Å². The van der Waals surface area contributed by atoms with Gasteiger partial charge in [-0.25, -0.2) is 0 Å². The van der Waals surface area contributed by atoms with E-state index in [-0.39, 0.29) is 11.5 Å². The minimum Gasteiger partial charge on any atom is -0.489 e. The number of fused-ring (bicyclic) bond motifs is 1. The topological polar surface area (TPSA) is 35.5 Å². The third-order valence-electron chi connectivity index (χ3n) is 4.15. The summed E-state index contributed by atoms with van der Waals surface area (Å²) in [5, 5.41) is 1.24. The highest BCUT2D eigenvalue weighted by molar-refractivity contribution is 6.32. The number of carbonyl (C=O) groups is 1. The molecule has 134 valence electrons. The quantitative estimate of drug-likeness (QED) is 0.493. The number of benzene rings is 3. The molecule has 4 rings (SSSR count). The summed E-state index contributed by atoms with van der Waals surface area (Å²) < 4.78 is 11.5. The van der Waals surface area contributed by atoms with Gasteiger partial charge in [0.25, 0.3) is 0 Å². The average molecular weight is 397 g/mol. The van der Waals surface area contributed by atoms with Crippen LogP contribution in [0.2, 0.25) is 10.0 Å². The van der Waals surface area contributed by atoms with Crippen molar-refractivity contribution in [3.05, 3.63) is 99.2 Å². The largest absolute Gasteiger partial charge is 0.489 e. The van der Waals surface area contributed by atoms with Crippen molar-refractivity contribution in [1.29, 1.82) is 0 Å². The molecule has 3 aromatic carbocycles. The molecule has 1 aliphatic heterocycles. The van der Waals surface area contributed by atoms with Gasteiger partial charge in [-0.2, -0.15) is 0 Å². The van der Waals surface area contributed by atoms with Gasteiger partial charge in [0.05, 0.1) is 5.56 Å². The maximum Gasteiger partial charge on any atom is 0.231 e. The fraction of sp³-hybridized carbons (Fsp3) is 0.0455. The van der Waals surface area contributed by atoms with E-state index in [1.165, 1.54) is 0 Å². The van der Waals surface area contributed by atoms with E-state index in [1.807, 2.05) is 42.5 Å². The number of hydrogen-bond donors (Lipinski definition) is 0. The third-order valence-corrected chi connectivity index (χ3v) is 4.75. The van der Waals surface area contributed by atoms with Crippen LogP contribution in [0.4, 0.5) is 0 Å². The van der Waals surface area contributed by atoms with E-state index in [4.69, 9.17) is 32.7 Å². The Labute approximate surface area is 166 Å². The van der Waals surface area contributed by atoms with Crippen molar-refractivity contribution in [2.75, 3.05) is 0 Å². The van der Waals surface area contributed by atoms with Gasteiger partial charge in [-0.15, -0.1) is 0 Å². The molecular weight excluding hydrogens is 383 g/mol. The highest BCUT2D eigenvalue weighted by Crippen LogP contribution is 2.35. The molecule has 5 heteroatoms. The Bertz CT molecular complexity index is 1040. The summed E-state index contributed by atoms with van der Waals surface area (Å²) in [6.07, 6.45) is 1.65. The number of carbonyl (C=O) groups excluding carboxylic acids is 1. The molecule has 3 aromatic rings. The summed E-state index contributed by atoms with van der Waals surface area (Å²) in [6.45, 7) is 0.395. The maximum atomic E-state index is 12.5. The van der Waals surface area contributed by atoms with Crippen LogP contribution >= 0.6 is 23.2 Å². The Kier molecular flexibility index (Phi) is 4.88. The lowest BCUT2D eigenvalue weighted by Crippen LogP contribution is -1.98. The second kappa shape index (κ2) is 7.47. The van der Waals surface area contributed by atoms with Crippen LogP contribution in [0, 0.1) is 0 Å². The third kappa shape index (κ3) is 3.85. The number of halogens is 2. The lowest BCUT2D eigenvalue weighted by Gasteiger charge is -2.07. The highest BCUT2D eigenvalue weighted by Gasteiger charge is 2.27. The lowest BCUT2D eigenvalue weighted by molar-refractivity contribution is 0.101. The van der Waals surface area contributed by atoms with Crippen molar-refractivity contribution in [3.63, 3.8) is 0 Å². The molecule has 0 N–H and O–H groups in total. The predicted molar refractivity (Wildman–Crippen MR) is 107 cm³/mol. The van der Waals surface area contributed by atoms with Crippen LogP contribution in [-0.4, -0.2) is 5.78 Å². The molecule has 0 spiro atoms. The first-order valence-electron chi connectivity index (χ1n) is 8.30. The first kappa shape index (κ1) is 17.7. The van der Waals surface area contributed by atoms with Crippen LogP contribution in [0.1, 0.15) is 21.5 Å². The lowest BCUT2D eigenvalue weighted by atomic mass is 10.1. The second-order valence-electron chi connectivity index (χ2n) is 6.03. The molecule has 0 radical (unpaired) electrons. The zero-order valence-corrected chi connectivity index (χ0v) is 15.6. The van der Waals surface area contributed by atoms with Crippen LogP contribution in [0.25, 0.3) is 6.08 Å². The first-order chi connectivity index (χ1) is 13.1. The molecule has 0 saturated heterocycles. The SMILES string of the molecule is O=C1C(=Cc2ccccc2Cl)Oc2cc(OCc3ccc(Cl)cc3)ccc21. The smallest absolute Gasteiger partial charge is 0.231 e. The molecule has 0 fully saturated rings. The second-order valence-corrected chi connectivity index (χ2v) is 6.88. The Hall–Kier alpha value is -2.75. The maximum absolute atomic E-state index is 12.5. The van der Waals surface area contributed by atoms with Gasteiger partial charge in [0.1, 0.15) is 18.1 Å². The number of allylic oxidation sites excluding steroid dienone is 1. The molecule has 1 aliphatic rings. The molecule has 0 saturated carbocycles. The monoisotopic (exact) mass is 396 g/mol. The number of ketones is 1. The van der Waals surface area contributed by atoms with E-state index in [0.717, 1.165) is 11.1 Å². The van der Waals surface area contributed by atoms with Crippen LogP contribution < -0.4 is 9.47 Å². The molecule has 0 atom stereocenters. The first-order valence-corrected chi connectivity index (χ1v) is 9.06. The molecule has 1 heterocycles. The molecule has 0 bridgehead atoms. The Morgan fingerprint density at radius 1 is 0.963 bits per heavy atom. The number of hydrogen-bond acceptors (Lipinski definition) is 3. The standard InChI is InChI=1S/C22H14Cl2O3/c23-16-7-5-14(6-8-16)13-26-17-9-10-18-20(12-17)27-21(22(18)25)11-15-3-1-2-4-19(15)24/h1-12H,13H2. The van der Waals surface area contributed by atoms with Gasteiger partial charge in [0.15, 0.2) is 5.76 Å². The summed E-state index contributed by atoms with van der Waals surface area (Å²) in [5.41, 5.74) is 2.23. The Morgan fingerprint density at radius 2 is 1.74 bits per heavy atom. The van der Waals surface area contributed by atoms with Crippen LogP contribution in [0.5, 0.6) is 11.5 Å². The van der Waals surface area contributed by atoms with E-state index < -0.39 is 0 Å². The van der Waals surface area contributed by atoms with Crippen LogP contribution in [-0.2, 0) is 6.61 Å². The minimum atomic E-state index is -0.172. The predicted octanol–water partition coefficient (Wildman–Crippen LogP) is 6.19. The summed E-state index contributed by atoms with van der Waals surface area (Å²) in [5.74, 6) is 1.17. The van der Waals surface area contributed by atoms with Crippen molar-refractivity contribution in [1.82, 2.24) is 0 Å². The van der Waals surface area contributed by atoms with E-state index in [0.29, 0.717) is 33.7 Å². The van der Waals surface area contributed by atoms with Crippen molar-refractivity contribution in [2.24, 2.45) is 0 Å². The fourth-order valence-corrected chi connectivity index (χ4v) is 3.05. The molecular formula is C22H14Cl2O3. The fourth-order valence-electron chi connectivity index (χ4n) is 2.74. The summed E-state index contributed by atoms with van der Waals surface area (Å²) >= 11 is 12.0. The van der Waals surface area contributed by atoms with Crippen molar-refractivity contribution >= 4 is 35.1 Å². The molecule has 3 nitrogen and oxygen atoms in total. The van der Waals surface area contributed by atoms with Crippen LogP contribution in [0.15, 0.2) is 72.5 Å². The summed E-state index contributed by atoms with van der Waals surface area (Å²) in [6, 6.07) is 19.9. The van der Waals surface area contributed by atoms with Gasteiger partial charge in [0.2, 0.25) is 5.78 Å². The van der Waals surface area contributed by atoms with E-state index in [2.05, 4.69) is 0 Å². The van der Waals surface area contributed by atoms with Crippen molar-refractivity contribution in [2.45, 2.75) is 6.61 Å². The van der Waals surface area contributed by atoms with Gasteiger partial charge < -0.3 is 9.47 Å². The van der Waals surface area contributed by atoms with Gasteiger partial charge in [-0.3, -0.25) is 4.79 Å². The van der Waals surface area contributed by atoms with Gasteiger partial charge in [-0.1, -0.05) is 53.5 Å². The molecule has 0 aliphatic carbocycles. The van der Waals surface area contributed by atoms with E-state index in [1.54, 1.807) is 30.3 Å². The minimum absolute atomic E-state index is 0.172. The molecule has 0 aromatic heterocycles. The molecule has 27 heavy (non-hydrogen) atoms. The van der Waals surface area contributed by atoms with Crippen molar-refractivity contribution in [3.8, 4) is 11.5 Å².